The molecule has 0 N–H and O–H groups in total. The molecule has 38 heavy (non-hydrogen) atoms. The molecule has 6 nitrogen and oxygen atoms in total. The van der Waals surface area contributed by atoms with Gasteiger partial charge in [0.05, 0.1) is 12.8 Å². The SMILES string of the molecule is CCc1c(C)c2c(c(OCCS)c1C/C=C(\C)CP(=O)(Oc1ccccc1)Oc1ccccc1)C(=O)OC2. The number of cyclic esters (lactones) is 1. The Morgan fingerprint density at radius 2 is 1.63 bits per heavy atom. The van der Waals surface area contributed by atoms with Gasteiger partial charge in [-0.05, 0) is 62.1 Å². The highest BCUT2D eigenvalue weighted by molar-refractivity contribution is 7.80. The summed E-state index contributed by atoms with van der Waals surface area (Å²) in [6.07, 6.45) is 3.37. The standard InChI is InChI=1S/C30H33O6PS/c1-4-25-22(3)27-19-34-30(31)28(27)29(33-17-18-38)26(25)16-15-21(2)20-37(32,35-23-11-7-5-8-12-23)36-24-13-9-6-10-14-24/h5-15,38H,4,16-20H2,1-3H3/b21-15+. The van der Waals surface area contributed by atoms with Crippen LogP contribution >= 0.6 is 20.2 Å². The Balaban J connectivity index is 1.66. The zero-order chi connectivity index (χ0) is 27.1. The quantitative estimate of drug-likeness (QED) is 0.109. The normalized spacial score (nSPS) is 13.2. The summed E-state index contributed by atoms with van der Waals surface area (Å²) in [7, 11) is -3.61. The molecule has 0 spiro atoms. The minimum Gasteiger partial charge on any atom is -0.492 e. The van der Waals surface area contributed by atoms with Gasteiger partial charge >= 0.3 is 13.6 Å². The summed E-state index contributed by atoms with van der Waals surface area (Å²) in [5, 5.41) is 0. The smallest absolute Gasteiger partial charge is 0.434 e. The van der Waals surface area contributed by atoms with Crippen molar-refractivity contribution in [2.24, 2.45) is 0 Å². The number of carbonyl (C=O) groups is 1. The van der Waals surface area contributed by atoms with Crippen molar-refractivity contribution in [1.29, 1.82) is 0 Å². The predicted octanol–water partition coefficient (Wildman–Crippen LogP) is 7.38. The van der Waals surface area contributed by atoms with Crippen LogP contribution in [0.2, 0.25) is 0 Å². The van der Waals surface area contributed by atoms with Crippen molar-refractivity contribution in [3.8, 4) is 17.2 Å². The van der Waals surface area contributed by atoms with Crippen molar-refractivity contribution < 1.29 is 27.9 Å². The van der Waals surface area contributed by atoms with E-state index >= 15 is 0 Å². The highest BCUT2D eigenvalue weighted by Gasteiger charge is 2.32. The van der Waals surface area contributed by atoms with Crippen molar-refractivity contribution in [3.05, 3.63) is 100 Å². The number of rotatable bonds is 12. The Morgan fingerprint density at radius 3 is 2.18 bits per heavy atom. The number of ether oxygens (including phenoxy) is 2. The zero-order valence-corrected chi connectivity index (χ0v) is 23.7. The van der Waals surface area contributed by atoms with Crippen molar-refractivity contribution in [3.63, 3.8) is 0 Å². The van der Waals surface area contributed by atoms with Crippen LogP contribution in [0.3, 0.4) is 0 Å². The molecule has 0 saturated carbocycles. The third-order valence-electron chi connectivity index (χ3n) is 6.39. The molecule has 0 saturated heterocycles. The van der Waals surface area contributed by atoms with E-state index in [0.717, 1.165) is 34.2 Å². The lowest BCUT2D eigenvalue weighted by atomic mass is 9.89. The van der Waals surface area contributed by atoms with Crippen LogP contribution in [0.5, 0.6) is 17.2 Å². The first-order valence-corrected chi connectivity index (χ1v) is 15.0. The van der Waals surface area contributed by atoms with E-state index in [9.17, 15) is 9.36 Å². The number of fused-ring (bicyclic) bond motifs is 1. The second-order valence-corrected chi connectivity index (χ2v) is 11.4. The maximum atomic E-state index is 14.0. The number of carbonyl (C=O) groups excluding carboxylic acids is 1. The average molecular weight is 553 g/mol. The Kier molecular flexibility index (Phi) is 9.24. The Labute approximate surface area is 229 Å². The molecule has 0 atom stereocenters. The lowest BCUT2D eigenvalue weighted by Crippen LogP contribution is -2.11. The largest absolute Gasteiger partial charge is 0.492 e. The Bertz CT molecular complexity index is 1310. The van der Waals surface area contributed by atoms with Gasteiger partial charge in [-0.25, -0.2) is 9.36 Å². The maximum absolute atomic E-state index is 14.0. The van der Waals surface area contributed by atoms with E-state index in [4.69, 9.17) is 18.5 Å². The number of hydrogen-bond acceptors (Lipinski definition) is 7. The molecule has 3 aromatic carbocycles. The zero-order valence-electron chi connectivity index (χ0n) is 21.9. The number of esters is 1. The van der Waals surface area contributed by atoms with Gasteiger partial charge in [-0.2, -0.15) is 12.6 Å². The molecule has 0 bridgehead atoms. The van der Waals surface area contributed by atoms with Gasteiger partial charge in [0.1, 0.15) is 29.4 Å². The second kappa shape index (κ2) is 12.6. The van der Waals surface area contributed by atoms with Crippen molar-refractivity contribution in [1.82, 2.24) is 0 Å². The molecule has 8 heteroatoms. The van der Waals surface area contributed by atoms with E-state index < -0.39 is 7.60 Å². The van der Waals surface area contributed by atoms with Gasteiger partial charge in [-0.15, -0.1) is 0 Å². The van der Waals surface area contributed by atoms with Crippen molar-refractivity contribution >= 4 is 26.2 Å². The maximum Gasteiger partial charge on any atom is 0.434 e. The molecule has 0 aliphatic carbocycles. The summed E-state index contributed by atoms with van der Waals surface area (Å²) in [5.74, 6) is 1.67. The van der Waals surface area contributed by atoms with Crippen molar-refractivity contribution in [2.75, 3.05) is 18.5 Å². The van der Waals surface area contributed by atoms with Crippen LogP contribution in [-0.4, -0.2) is 24.5 Å². The van der Waals surface area contributed by atoms with E-state index in [1.54, 1.807) is 24.3 Å². The van der Waals surface area contributed by atoms with Crippen LogP contribution in [0, 0.1) is 6.92 Å². The van der Waals surface area contributed by atoms with Gasteiger partial charge in [0.2, 0.25) is 0 Å². The third kappa shape index (κ3) is 6.46. The van der Waals surface area contributed by atoms with Crippen LogP contribution in [0.25, 0.3) is 0 Å². The lowest BCUT2D eigenvalue weighted by Gasteiger charge is -2.21. The van der Waals surface area contributed by atoms with Crippen LogP contribution in [0.15, 0.2) is 72.3 Å². The van der Waals surface area contributed by atoms with E-state index in [1.807, 2.05) is 56.3 Å². The molecule has 0 aromatic heterocycles. The van der Waals surface area contributed by atoms with Crippen LogP contribution in [0.4, 0.5) is 0 Å². The van der Waals surface area contributed by atoms with E-state index in [0.29, 0.717) is 41.6 Å². The molecule has 0 radical (unpaired) electrons. The van der Waals surface area contributed by atoms with Crippen molar-refractivity contribution in [2.45, 2.75) is 40.2 Å². The molecule has 1 heterocycles. The molecule has 4 rings (SSSR count). The highest BCUT2D eigenvalue weighted by Crippen LogP contribution is 2.50. The van der Waals surface area contributed by atoms with Gasteiger partial charge in [0.15, 0.2) is 0 Å². The van der Waals surface area contributed by atoms with Gasteiger partial charge in [-0.1, -0.05) is 55.0 Å². The predicted molar refractivity (Wildman–Crippen MR) is 153 cm³/mol. The monoisotopic (exact) mass is 552 g/mol. The van der Waals surface area contributed by atoms with E-state index in [-0.39, 0.29) is 18.7 Å². The molecule has 0 fully saturated rings. The fourth-order valence-corrected chi connectivity index (χ4v) is 6.53. The minimum atomic E-state index is -3.61. The summed E-state index contributed by atoms with van der Waals surface area (Å²) in [4.78, 5) is 12.6. The number of benzene rings is 3. The van der Waals surface area contributed by atoms with Crippen LogP contribution in [0.1, 0.15) is 46.5 Å². The first kappa shape index (κ1) is 27.9. The molecular formula is C30H33O6PS. The number of thiol groups is 1. The van der Waals surface area contributed by atoms with E-state index in [1.165, 1.54) is 0 Å². The molecule has 3 aromatic rings. The first-order chi connectivity index (χ1) is 18.3. The van der Waals surface area contributed by atoms with Gasteiger partial charge in [-0.3, -0.25) is 0 Å². The van der Waals surface area contributed by atoms with Crippen LogP contribution < -0.4 is 13.8 Å². The number of para-hydroxylation sites is 2. The summed E-state index contributed by atoms with van der Waals surface area (Å²) in [6.45, 7) is 6.65. The third-order valence-corrected chi connectivity index (χ3v) is 8.44. The number of hydrogen-bond donors (Lipinski definition) is 1. The highest BCUT2D eigenvalue weighted by atomic mass is 32.1. The molecule has 0 amide bonds. The molecule has 200 valence electrons. The second-order valence-electron chi connectivity index (χ2n) is 9.10. The Morgan fingerprint density at radius 1 is 1.03 bits per heavy atom. The topological polar surface area (TPSA) is 71.1 Å². The minimum absolute atomic E-state index is 0.0943. The van der Waals surface area contributed by atoms with Gasteiger partial charge in [0.25, 0.3) is 0 Å². The van der Waals surface area contributed by atoms with E-state index in [2.05, 4.69) is 19.6 Å². The molecular weight excluding hydrogens is 519 g/mol. The van der Waals surface area contributed by atoms with Crippen LogP contribution in [-0.2, 0) is 28.8 Å². The van der Waals surface area contributed by atoms with Gasteiger partial charge in [0, 0.05) is 16.9 Å². The summed E-state index contributed by atoms with van der Waals surface area (Å²) in [5.41, 5.74) is 5.35. The number of allylic oxidation sites excluding steroid dienone is 2. The fraction of sp³-hybridized carbons (Fsp3) is 0.300. The summed E-state index contributed by atoms with van der Waals surface area (Å²) >= 11 is 4.28. The first-order valence-electron chi connectivity index (χ1n) is 12.7. The fourth-order valence-electron chi connectivity index (χ4n) is 4.64. The molecule has 1 aliphatic rings. The average Bonchev–Trinajstić information content (AvgIpc) is 3.29. The summed E-state index contributed by atoms with van der Waals surface area (Å²) < 4.78 is 37.3. The molecule has 1 aliphatic heterocycles. The van der Waals surface area contributed by atoms with Gasteiger partial charge < -0.3 is 18.5 Å². The molecule has 0 unspecified atom stereocenters. The Hall–Kier alpha value is -3.15. The summed E-state index contributed by atoms with van der Waals surface area (Å²) in [6, 6.07) is 18.1. The lowest BCUT2D eigenvalue weighted by molar-refractivity contribution is 0.0532.